The zero-order valence-corrected chi connectivity index (χ0v) is 7.45. The van der Waals surface area contributed by atoms with E-state index in [0.717, 1.165) is 0 Å². The number of aliphatic hydroxyl groups is 3. The first-order valence-corrected chi connectivity index (χ1v) is 3.33. The molecule has 0 heterocycles. The molecular formula is C8H10ClNO3. The van der Waals surface area contributed by atoms with Crippen molar-refractivity contribution in [3.05, 3.63) is 35.9 Å². The maximum Gasteiger partial charge on any atom is 0.322 e. The van der Waals surface area contributed by atoms with Crippen molar-refractivity contribution in [2.24, 2.45) is 0 Å². The molecule has 13 heavy (non-hydrogen) atoms. The van der Waals surface area contributed by atoms with Gasteiger partial charge in [0, 0.05) is 5.56 Å². The van der Waals surface area contributed by atoms with E-state index in [1.807, 2.05) is 0 Å². The normalized spacial score (nSPS) is 10.4. The van der Waals surface area contributed by atoms with Crippen LogP contribution in [0.15, 0.2) is 30.3 Å². The second kappa shape index (κ2) is 4.34. The standard InChI is InChI=1S/C8H9NO3.ClH/c9-7(8(10,11)12)6-4-2-1-3-5-6;/h1-5,9-12H;1H. The van der Waals surface area contributed by atoms with E-state index >= 15 is 0 Å². The number of hydrogen-bond donors (Lipinski definition) is 4. The summed E-state index contributed by atoms with van der Waals surface area (Å²) in [5, 5.41) is 33.0. The first-order valence-electron chi connectivity index (χ1n) is 3.33. The molecule has 4 N–H and O–H groups in total. The van der Waals surface area contributed by atoms with E-state index < -0.39 is 11.7 Å². The van der Waals surface area contributed by atoms with E-state index in [-0.39, 0.29) is 18.0 Å². The van der Waals surface area contributed by atoms with E-state index in [9.17, 15) is 0 Å². The first-order chi connectivity index (χ1) is 5.52. The highest BCUT2D eigenvalue weighted by atomic mass is 35.5. The van der Waals surface area contributed by atoms with Gasteiger partial charge in [0.1, 0.15) is 5.71 Å². The summed E-state index contributed by atoms with van der Waals surface area (Å²) in [5.74, 6) is -3.05. The Labute approximate surface area is 81.4 Å². The Hall–Kier alpha value is -0.940. The number of benzene rings is 1. The lowest BCUT2D eigenvalue weighted by molar-refractivity contribution is -0.255. The monoisotopic (exact) mass is 203 g/mol. The van der Waals surface area contributed by atoms with Crippen molar-refractivity contribution in [2.75, 3.05) is 0 Å². The quantitative estimate of drug-likeness (QED) is 0.407. The summed E-state index contributed by atoms with van der Waals surface area (Å²) in [6.07, 6.45) is 0. The fourth-order valence-electron chi connectivity index (χ4n) is 0.798. The van der Waals surface area contributed by atoms with Crippen molar-refractivity contribution >= 4 is 18.1 Å². The van der Waals surface area contributed by atoms with Crippen molar-refractivity contribution in [1.82, 2.24) is 0 Å². The number of nitrogens with one attached hydrogen (secondary N) is 1. The third-order valence-corrected chi connectivity index (χ3v) is 1.40. The second-order valence-corrected chi connectivity index (χ2v) is 2.38. The van der Waals surface area contributed by atoms with Crippen LogP contribution in [0.3, 0.4) is 0 Å². The minimum Gasteiger partial charge on any atom is -0.338 e. The highest BCUT2D eigenvalue weighted by molar-refractivity contribution is 6.01. The molecule has 5 heteroatoms. The molecule has 0 radical (unpaired) electrons. The van der Waals surface area contributed by atoms with Crippen molar-refractivity contribution in [3.8, 4) is 0 Å². The molecule has 0 aromatic heterocycles. The maximum atomic E-state index is 8.63. The predicted molar refractivity (Wildman–Crippen MR) is 49.9 cm³/mol. The van der Waals surface area contributed by atoms with Crippen LogP contribution in [0.4, 0.5) is 0 Å². The molecule has 0 saturated heterocycles. The SMILES string of the molecule is Cl.N=C(c1ccccc1)C(O)(O)O. The summed E-state index contributed by atoms with van der Waals surface area (Å²) in [5.41, 5.74) is -0.367. The summed E-state index contributed by atoms with van der Waals surface area (Å²) in [6.45, 7) is 0. The van der Waals surface area contributed by atoms with Crippen molar-refractivity contribution in [3.63, 3.8) is 0 Å². The second-order valence-electron chi connectivity index (χ2n) is 2.38. The summed E-state index contributed by atoms with van der Waals surface area (Å²) in [6, 6.07) is 8.00. The molecule has 0 aliphatic carbocycles. The Morgan fingerprint density at radius 3 is 1.92 bits per heavy atom. The molecule has 1 aromatic carbocycles. The molecule has 0 atom stereocenters. The largest absolute Gasteiger partial charge is 0.338 e. The number of rotatable bonds is 2. The lowest BCUT2D eigenvalue weighted by atomic mass is 10.1. The van der Waals surface area contributed by atoms with Gasteiger partial charge in [0.2, 0.25) is 0 Å². The molecule has 72 valence electrons. The molecule has 1 aromatic rings. The highest BCUT2D eigenvalue weighted by Crippen LogP contribution is 2.07. The van der Waals surface area contributed by atoms with Gasteiger partial charge >= 0.3 is 5.97 Å². The van der Waals surface area contributed by atoms with Crippen LogP contribution in [0.25, 0.3) is 0 Å². The van der Waals surface area contributed by atoms with Crippen molar-refractivity contribution in [2.45, 2.75) is 5.97 Å². The van der Waals surface area contributed by atoms with Crippen LogP contribution in [0.5, 0.6) is 0 Å². The van der Waals surface area contributed by atoms with E-state index in [1.54, 1.807) is 18.2 Å². The van der Waals surface area contributed by atoms with Gasteiger partial charge in [-0.25, -0.2) is 0 Å². The molecule has 4 nitrogen and oxygen atoms in total. The van der Waals surface area contributed by atoms with E-state index in [4.69, 9.17) is 20.7 Å². The average molecular weight is 204 g/mol. The van der Waals surface area contributed by atoms with Gasteiger partial charge < -0.3 is 15.3 Å². The maximum absolute atomic E-state index is 8.63. The Balaban J connectivity index is 0.00000144. The summed E-state index contributed by atoms with van der Waals surface area (Å²) >= 11 is 0. The highest BCUT2D eigenvalue weighted by Gasteiger charge is 2.26. The van der Waals surface area contributed by atoms with E-state index in [0.29, 0.717) is 0 Å². The van der Waals surface area contributed by atoms with Crippen LogP contribution in [0.1, 0.15) is 5.56 Å². The zero-order valence-electron chi connectivity index (χ0n) is 6.64. The van der Waals surface area contributed by atoms with Crippen LogP contribution in [-0.4, -0.2) is 27.0 Å². The number of hydrogen-bond acceptors (Lipinski definition) is 4. The average Bonchev–Trinajstić information content (AvgIpc) is 2.03. The Morgan fingerprint density at radius 2 is 1.54 bits per heavy atom. The van der Waals surface area contributed by atoms with Gasteiger partial charge in [0.05, 0.1) is 0 Å². The summed E-state index contributed by atoms with van der Waals surface area (Å²) < 4.78 is 0. The third kappa shape index (κ3) is 3.12. The minimum atomic E-state index is -3.05. The molecule has 0 fully saturated rings. The van der Waals surface area contributed by atoms with Crippen molar-refractivity contribution in [1.29, 1.82) is 5.41 Å². The lowest BCUT2D eigenvalue weighted by Gasteiger charge is -2.14. The fraction of sp³-hybridized carbons (Fsp3) is 0.125. The third-order valence-electron chi connectivity index (χ3n) is 1.40. The van der Waals surface area contributed by atoms with Gasteiger partial charge in [0.15, 0.2) is 0 Å². The Kier molecular flexibility index (Phi) is 4.03. The van der Waals surface area contributed by atoms with Crippen LogP contribution >= 0.6 is 12.4 Å². The van der Waals surface area contributed by atoms with Crippen LogP contribution in [0.2, 0.25) is 0 Å². The Morgan fingerprint density at radius 1 is 1.08 bits per heavy atom. The van der Waals surface area contributed by atoms with Gasteiger partial charge in [-0.05, 0) is 0 Å². The van der Waals surface area contributed by atoms with Gasteiger partial charge in [-0.3, -0.25) is 5.41 Å². The molecule has 1 rings (SSSR count). The van der Waals surface area contributed by atoms with Gasteiger partial charge in [-0.1, -0.05) is 30.3 Å². The zero-order chi connectivity index (χ0) is 9.19. The van der Waals surface area contributed by atoms with Crippen LogP contribution in [0, 0.1) is 5.41 Å². The van der Waals surface area contributed by atoms with E-state index in [1.165, 1.54) is 12.1 Å². The summed E-state index contributed by atoms with van der Waals surface area (Å²) in [4.78, 5) is 0. The van der Waals surface area contributed by atoms with Gasteiger partial charge in [-0.2, -0.15) is 0 Å². The van der Waals surface area contributed by atoms with Crippen molar-refractivity contribution < 1.29 is 15.3 Å². The smallest absolute Gasteiger partial charge is 0.322 e. The topological polar surface area (TPSA) is 84.5 Å². The summed E-state index contributed by atoms with van der Waals surface area (Å²) in [7, 11) is 0. The molecular weight excluding hydrogens is 194 g/mol. The van der Waals surface area contributed by atoms with Gasteiger partial charge in [-0.15, -0.1) is 12.4 Å². The fourth-order valence-corrected chi connectivity index (χ4v) is 0.798. The van der Waals surface area contributed by atoms with Gasteiger partial charge in [0.25, 0.3) is 0 Å². The molecule has 0 bridgehead atoms. The van der Waals surface area contributed by atoms with Crippen LogP contribution < -0.4 is 0 Å². The number of halogens is 1. The Bertz CT molecular complexity index is 281. The minimum absolute atomic E-state index is 0. The predicted octanol–water partition coefficient (Wildman–Crippen LogP) is 0.107. The molecule has 0 spiro atoms. The van der Waals surface area contributed by atoms with Crippen LogP contribution in [-0.2, 0) is 0 Å². The molecule has 0 aliphatic rings. The molecule has 0 unspecified atom stereocenters. The van der Waals surface area contributed by atoms with E-state index in [2.05, 4.69) is 0 Å². The molecule has 0 saturated carbocycles. The molecule has 0 aliphatic heterocycles. The molecule has 0 amide bonds. The lowest BCUT2D eigenvalue weighted by Crippen LogP contribution is -2.37. The first kappa shape index (κ1) is 12.1.